The molecule has 0 spiro atoms. The fourth-order valence-electron chi connectivity index (χ4n) is 10.6. The first-order chi connectivity index (χ1) is 34.2. The number of ketones is 3. The van der Waals surface area contributed by atoms with Crippen LogP contribution in [0.5, 0.6) is 0 Å². The van der Waals surface area contributed by atoms with Crippen molar-refractivity contribution in [3.05, 3.63) is 47.6 Å². The number of rotatable bonds is 13. The van der Waals surface area contributed by atoms with Gasteiger partial charge in [0.1, 0.15) is 30.1 Å². The molecular weight excluding hydrogens is 927 g/mol. The van der Waals surface area contributed by atoms with Gasteiger partial charge in [-0.1, -0.05) is 71.1 Å². The maximum absolute atomic E-state index is 14.5. The number of esters is 1. The van der Waals surface area contributed by atoms with Gasteiger partial charge in [-0.3, -0.25) is 19.2 Å². The second-order valence-electron chi connectivity index (χ2n) is 21.0. The van der Waals surface area contributed by atoms with Gasteiger partial charge in [0, 0.05) is 58.0 Å². The minimum absolute atomic E-state index is 0.00654. The van der Waals surface area contributed by atoms with Crippen LogP contribution in [-0.4, -0.2) is 158 Å². The number of methoxy groups -OCH3 is 2. The number of hydrogen-bond donors (Lipinski definition) is 3. The Labute approximate surface area is 429 Å². The molecule has 3 heterocycles. The van der Waals surface area contributed by atoms with Gasteiger partial charge in [0.15, 0.2) is 5.78 Å². The lowest BCUT2D eigenvalue weighted by Gasteiger charge is -2.43. The van der Waals surface area contributed by atoms with Crippen molar-refractivity contribution in [1.29, 1.82) is 0 Å². The second kappa shape index (κ2) is 30.2. The van der Waals surface area contributed by atoms with E-state index in [4.69, 9.17) is 33.2 Å². The summed E-state index contributed by atoms with van der Waals surface area (Å²) in [6, 6.07) is -1.16. The largest absolute Gasteiger partial charge is 0.460 e. The third kappa shape index (κ3) is 17.6. The van der Waals surface area contributed by atoms with Crippen LogP contribution in [0.3, 0.4) is 0 Å². The number of cyclic esters (lactones) is 1. The first-order valence-electron chi connectivity index (χ1n) is 26.7. The molecule has 1 aliphatic carbocycles. The third-order valence-electron chi connectivity index (χ3n) is 15.3. The van der Waals surface area contributed by atoms with Crippen molar-refractivity contribution in [3.63, 3.8) is 0 Å². The second-order valence-corrected chi connectivity index (χ2v) is 21.0. The molecule has 0 aromatic rings. The van der Waals surface area contributed by atoms with Gasteiger partial charge in [-0.05, 0) is 114 Å². The van der Waals surface area contributed by atoms with E-state index in [-0.39, 0.29) is 67.8 Å². The average molecular weight is 1020 g/mol. The first kappa shape index (κ1) is 61.1. The average Bonchev–Trinajstić information content (AvgIpc) is 3.36. The first-order valence-corrected chi connectivity index (χ1v) is 26.7. The number of fused-ring (bicyclic) bond motifs is 3. The summed E-state index contributed by atoms with van der Waals surface area (Å²) in [7, 11) is 2.94. The monoisotopic (exact) mass is 1020 g/mol. The summed E-state index contributed by atoms with van der Waals surface area (Å²) in [5, 5.41) is 34.2. The van der Waals surface area contributed by atoms with E-state index in [0.717, 1.165) is 5.57 Å². The van der Waals surface area contributed by atoms with Crippen LogP contribution in [0.1, 0.15) is 132 Å². The summed E-state index contributed by atoms with van der Waals surface area (Å²) < 4.78 is 41.2. The van der Waals surface area contributed by atoms with Gasteiger partial charge in [0.05, 0.1) is 50.8 Å². The van der Waals surface area contributed by atoms with Crippen molar-refractivity contribution in [3.8, 4) is 0 Å². The van der Waals surface area contributed by atoms with Crippen LogP contribution in [0, 0.1) is 35.5 Å². The number of piperidine rings is 1. The number of Topliss-reactive ketones (excluding diaryl/α,β-unsaturated/α-hetero) is 3. The van der Waals surface area contributed by atoms with Crippen LogP contribution in [0.2, 0.25) is 0 Å². The molecule has 0 aromatic heterocycles. The van der Waals surface area contributed by atoms with E-state index in [2.05, 4.69) is 0 Å². The summed E-state index contributed by atoms with van der Waals surface area (Å²) in [5.41, 5.74) is 1.23. The molecule has 2 saturated heterocycles. The van der Waals surface area contributed by atoms with Gasteiger partial charge in [0.25, 0.3) is 11.7 Å². The highest BCUT2D eigenvalue weighted by Crippen LogP contribution is 2.38. The van der Waals surface area contributed by atoms with E-state index < -0.39 is 83.9 Å². The molecule has 4 aliphatic rings. The number of aliphatic hydroxyl groups excluding tert-OH is 2. The van der Waals surface area contributed by atoms with E-state index >= 15 is 0 Å². The fraction of sp³-hybridized carbons (Fsp3) is 0.768. The van der Waals surface area contributed by atoms with E-state index in [1.54, 1.807) is 34.0 Å². The number of carbonyl (C=O) groups is 5. The Bertz CT molecular complexity index is 1880. The molecule has 0 radical (unpaired) electrons. The number of amides is 1. The standard InChI is InChI=1S/C56H89NO15/c1-11-68-25-26-69-27-28-70-47-33-43-22-20-41(8)56(65,72-43)53(62)54(63)57-24-16-15-19-44(57)55(64)71-48(38(5)31-42-21-23-45(58)49(32-42)66-9)34-46(59)37(4)30-40(7)51(61)52(67-10)50(60)39(6)29-35(2)17-13-12-14-18-36(47)3/h12-14,17-18,30,35,37-39,41-45,47-49,51-52,58,61,65H,11,15-16,19-29,31-34H2,1-10H3/b14-12?,17-13+,36-18?,40-30+/t35-,37-,38-,39-,41-,42+,43+,44+,45-,47+,48+,49-,51-,52+,56-/m1/s1. The molecule has 0 unspecified atom stereocenters. The normalized spacial score (nSPS) is 36.5. The number of allylic oxidation sites excluding steroid dienone is 6. The molecule has 1 saturated carbocycles. The van der Waals surface area contributed by atoms with Crippen LogP contribution in [0.15, 0.2) is 47.6 Å². The molecule has 408 valence electrons. The zero-order valence-corrected chi connectivity index (χ0v) is 45.0. The number of hydrogen-bond acceptors (Lipinski definition) is 15. The topological polar surface area (TPSA) is 214 Å². The Hall–Kier alpha value is -3.45. The molecule has 3 aliphatic heterocycles. The van der Waals surface area contributed by atoms with Crippen molar-refractivity contribution in [2.45, 2.75) is 187 Å². The number of carbonyl (C=O) groups excluding carboxylic acids is 5. The van der Waals surface area contributed by atoms with Crippen LogP contribution in [0.25, 0.3) is 0 Å². The Morgan fingerprint density at radius 3 is 2.26 bits per heavy atom. The van der Waals surface area contributed by atoms with Gasteiger partial charge in [-0.15, -0.1) is 0 Å². The predicted molar refractivity (Wildman–Crippen MR) is 271 cm³/mol. The van der Waals surface area contributed by atoms with Crippen molar-refractivity contribution >= 4 is 29.2 Å². The van der Waals surface area contributed by atoms with Crippen molar-refractivity contribution in [1.82, 2.24) is 4.90 Å². The van der Waals surface area contributed by atoms with Gasteiger partial charge in [-0.25, -0.2) is 4.79 Å². The van der Waals surface area contributed by atoms with E-state index in [0.29, 0.717) is 89.8 Å². The highest BCUT2D eigenvalue weighted by Gasteiger charge is 2.53. The van der Waals surface area contributed by atoms with Crippen LogP contribution >= 0.6 is 0 Å². The van der Waals surface area contributed by atoms with Crippen molar-refractivity contribution < 1.29 is 72.5 Å². The molecule has 15 atom stereocenters. The van der Waals surface area contributed by atoms with Crippen LogP contribution in [0.4, 0.5) is 0 Å². The predicted octanol–water partition coefficient (Wildman–Crippen LogP) is 6.60. The number of aliphatic hydroxyl groups is 3. The van der Waals surface area contributed by atoms with Gasteiger partial charge < -0.3 is 53.4 Å². The van der Waals surface area contributed by atoms with Crippen molar-refractivity contribution in [2.75, 3.05) is 53.8 Å². The Kier molecular flexibility index (Phi) is 25.6. The zero-order valence-electron chi connectivity index (χ0n) is 45.0. The zero-order chi connectivity index (χ0) is 53.1. The molecule has 3 fully saturated rings. The highest BCUT2D eigenvalue weighted by atomic mass is 16.6. The SMILES string of the molecule is CCOCCOCCO[C@H]1C[C@@H]2CC[C@@H](C)[C@@](O)(O2)C(=O)C(=O)N2CCCC[C@H]2C(=O)O[C@H]([C@H](C)C[C@@H]2CC[C@@H](O)[C@H](OC)C2)CC(=O)[C@H](C)/C=C(\C)[C@@H](O)[C@@H](OC)C(=O)[C@H](C)C[C@H](C)/C=C/C=CC=C1C. The lowest BCUT2D eigenvalue weighted by molar-refractivity contribution is -0.266. The lowest BCUT2D eigenvalue weighted by Crippen LogP contribution is -2.61. The smallest absolute Gasteiger partial charge is 0.329 e. The molecule has 3 N–H and O–H groups in total. The fourth-order valence-corrected chi connectivity index (χ4v) is 10.6. The number of nitrogens with zero attached hydrogens (tertiary/aromatic N) is 1. The maximum Gasteiger partial charge on any atom is 0.329 e. The molecule has 16 nitrogen and oxygen atoms in total. The van der Waals surface area contributed by atoms with Crippen LogP contribution < -0.4 is 0 Å². The van der Waals surface area contributed by atoms with E-state index in [1.807, 2.05) is 65.0 Å². The molecule has 4 rings (SSSR count). The molecule has 0 aromatic carbocycles. The van der Waals surface area contributed by atoms with E-state index in [9.17, 15) is 39.3 Å². The van der Waals surface area contributed by atoms with E-state index in [1.165, 1.54) is 12.0 Å². The molecule has 1 amide bonds. The lowest BCUT2D eigenvalue weighted by atomic mass is 9.78. The summed E-state index contributed by atoms with van der Waals surface area (Å²) in [4.78, 5) is 72.5. The maximum atomic E-state index is 14.5. The molecule has 2 bridgehead atoms. The van der Waals surface area contributed by atoms with Crippen LogP contribution in [-0.2, 0) is 57.1 Å². The summed E-state index contributed by atoms with van der Waals surface area (Å²) >= 11 is 0. The number of ether oxygens (including phenoxy) is 7. The quantitative estimate of drug-likeness (QED) is 0.0767. The molecule has 72 heavy (non-hydrogen) atoms. The van der Waals surface area contributed by atoms with Crippen molar-refractivity contribution in [2.24, 2.45) is 35.5 Å². The Morgan fingerprint density at radius 2 is 1.56 bits per heavy atom. The highest BCUT2D eigenvalue weighted by molar-refractivity contribution is 6.39. The Balaban J connectivity index is 1.70. The van der Waals surface area contributed by atoms with Gasteiger partial charge >= 0.3 is 5.97 Å². The third-order valence-corrected chi connectivity index (χ3v) is 15.3. The minimum Gasteiger partial charge on any atom is -0.460 e. The summed E-state index contributed by atoms with van der Waals surface area (Å²) in [6.45, 7) is 16.7. The van der Waals surface area contributed by atoms with Gasteiger partial charge in [0.2, 0.25) is 5.79 Å². The minimum atomic E-state index is -2.48. The molecule has 16 heteroatoms. The summed E-state index contributed by atoms with van der Waals surface area (Å²) in [6.07, 6.45) is 10.8. The summed E-state index contributed by atoms with van der Waals surface area (Å²) in [5.74, 6) is -8.18. The Morgan fingerprint density at radius 1 is 0.833 bits per heavy atom. The molecular formula is C56H89NO15. The van der Waals surface area contributed by atoms with Gasteiger partial charge in [-0.2, -0.15) is 0 Å².